The number of hydrogen-bond donors (Lipinski definition) is 1. The van der Waals surface area contributed by atoms with Crippen LogP contribution in [0, 0.1) is 0 Å². The number of hydrogen-bond acceptors (Lipinski definition) is 2. The smallest absolute Gasteiger partial charge is 0.158 e. The minimum Gasteiger partial charge on any atom is -0.356 e. The fraction of sp³-hybridized carbons (Fsp3) is 0.500. The van der Waals surface area contributed by atoms with Gasteiger partial charge in [-0.2, -0.15) is 0 Å². The summed E-state index contributed by atoms with van der Waals surface area (Å²) in [6.07, 6.45) is 4.43. The summed E-state index contributed by atoms with van der Waals surface area (Å²) in [5.74, 6) is 0. The molecule has 0 aliphatic carbocycles. The first kappa shape index (κ1) is 12.7. The topological polar surface area (TPSA) is 34.2 Å². The second kappa shape index (κ2) is 5.76. The van der Waals surface area contributed by atoms with Crippen molar-refractivity contribution in [1.29, 1.82) is 0 Å². The van der Waals surface area contributed by atoms with E-state index in [0.29, 0.717) is 6.61 Å². The Labute approximate surface area is 113 Å². The van der Waals surface area contributed by atoms with Crippen molar-refractivity contribution in [3.63, 3.8) is 0 Å². The Kier molecular flexibility index (Phi) is 3.85. The van der Waals surface area contributed by atoms with E-state index in [4.69, 9.17) is 9.47 Å². The van der Waals surface area contributed by atoms with Crippen LogP contribution in [0.25, 0.3) is 10.9 Å². The molecular weight excluding hydrogens is 238 g/mol. The highest BCUT2D eigenvalue weighted by molar-refractivity contribution is 5.81. The zero-order chi connectivity index (χ0) is 13.1. The fourth-order valence-corrected chi connectivity index (χ4v) is 2.57. The van der Waals surface area contributed by atoms with E-state index in [1.54, 1.807) is 0 Å². The van der Waals surface area contributed by atoms with Gasteiger partial charge in [-0.1, -0.05) is 13.0 Å². The first-order valence-electron chi connectivity index (χ1n) is 7.19. The van der Waals surface area contributed by atoms with Crippen LogP contribution in [0.2, 0.25) is 0 Å². The molecule has 1 saturated heterocycles. The van der Waals surface area contributed by atoms with Crippen LogP contribution in [0.3, 0.4) is 0 Å². The molecule has 1 aromatic carbocycles. The maximum atomic E-state index is 5.80. The lowest BCUT2D eigenvalue weighted by Gasteiger charge is -2.22. The van der Waals surface area contributed by atoms with Crippen molar-refractivity contribution >= 4 is 10.9 Å². The molecule has 3 heteroatoms. The molecule has 0 amide bonds. The zero-order valence-electron chi connectivity index (χ0n) is 11.4. The number of fused-ring (bicyclic) bond motifs is 1. The van der Waals surface area contributed by atoms with Gasteiger partial charge < -0.3 is 14.5 Å². The largest absolute Gasteiger partial charge is 0.356 e. The molecule has 1 unspecified atom stereocenters. The van der Waals surface area contributed by atoms with Gasteiger partial charge in [0.1, 0.15) is 0 Å². The zero-order valence-corrected chi connectivity index (χ0v) is 11.4. The van der Waals surface area contributed by atoms with Gasteiger partial charge in [-0.3, -0.25) is 0 Å². The van der Waals surface area contributed by atoms with E-state index in [9.17, 15) is 0 Å². The number of aromatic amines is 1. The fourth-order valence-electron chi connectivity index (χ4n) is 2.57. The van der Waals surface area contributed by atoms with Crippen LogP contribution in [-0.4, -0.2) is 17.9 Å². The van der Waals surface area contributed by atoms with Gasteiger partial charge in [-0.05, 0) is 49.4 Å². The molecule has 1 aliphatic rings. The molecule has 1 aliphatic heterocycles. The summed E-state index contributed by atoms with van der Waals surface area (Å²) in [5, 5.41) is 1.27. The second-order valence-electron chi connectivity index (χ2n) is 5.18. The molecule has 0 spiro atoms. The molecule has 102 valence electrons. The van der Waals surface area contributed by atoms with Crippen LogP contribution in [0.1, 0.15) is 37.4 Å². The lowest BCUT2D eigenvalue weighted by molar-refractivity contribution is -0.169. The Morgan fingerprint density at radius 3 is 3.05 bits per heavy atom. The summed E-state index contributed by atoms with van der Waals surface area (Å²) >= 11 is 0. The van der Waals surface area contributed by atoms with Gasteiger partial charge >= 0.3 is 0 Å². The third kappa shape index (κ3) is 2.99. The van der Waals surface area contributed by atoms with E-state index in [2.05, 4.69) is 36.2 Å². The summed E-state index contributed by atoms with van der Waals surface area (Å²) in [6, 6.07) is 8.74. The van der Waals surface area contributed by atoms with Crippen molar-refractivity contribution in [2.45, 2.75) is 45.5 Å². The summed E-state index contributed by atoms with van der Waals surface area (Å²) < 4.78 is 11.4. The highest BCUT2D eigenvalue weighted by Gasteiger charge is 2.14. The predicted molar refractivity (Wildman–Crippen MR) is 76.1 cm³/mol. The number of H-pyrrole nitrogens is 1. The van der Waals surface area contributed by atoms with Gasteiger partial charge in [0.05, 0.1) is 6.61 Å². The summed E-state index contributed by atoms with van der Waals surface area (Å²) in [5.41, 5.74) is 3.67. The summed E-state index contributed by atoms with van der Waals surface area (Å²) in [7, 11) is 0. The molecule has 0 radical (unpaired) electrons. The molecule has 2 aromatic rings. The monoisotopic (exact) mass is 259 g/mol. The van der Waals surface area contributed by atoms with Crippen molar-refractivity contribution in [2.24, 2.45) is 0 Å². The first-order valence-corrected chi connectivity index (χ1v) is 7.19. The van der Waals surface area contributed by atoms with Gasteiger partial charge in [0.25, 0.3) is 0 Å². The molecule has 3 rings (SSSR count). The Morgan fingerprint density at radius 2 is 2.26 bits per heavy atom. The Bertz CT molecular complexity index is 541. The number of ether oxygens (including phenoxy) is 2. The average Bonchev–Trinajstić information content (AvgIpc) is 2.88. The normalized spacial score (nSPS) is 19.9. The summed E-state index contributed by atoms with van der Waals surface area (Å²) in [6.45, 7) is 3.61. The van der Waals surface area contributed by atoms with Crippen molar-refractivity contribution in [2.75, 3.05) is 6.61 Å². The maximum absolute atomic E-state index is 5.80. The van der Waals surface area contributed by atoms with Gasteiger partial charge in [0.15, 0.2) is 6.29 Å². The van der Waals surface area contributed by atoms with Crippen molar-refractivity contribution < 1.29 is 9.47 Å². The molecule has 2 heterocycles. The van der Waals surface area contributed by atoms with E-state index >= 15 is 0 Å². The molecule has 3 nitrogen and oxygen atoms in total. The van der Waals surface area contributed by atoms with Gasteiger partial charge in [0, 0.05) is 23.2 Å². The highest BCUT2D eigenvalue weighted by atomic mass is 16.7. The standard InChI is InChI=1S/C16H21NO2/c1-2-12-6-7-15-13(9-12)10-14(17-15)11-19-16-5-3-4-8-18-16/h6-7,9-10,16-17H,2-5,8,11H2,1H3. The molecule has 1 fully saturated rings. The maximum Gasteiger partial charge on any atom is 0.158 e. The third-order valence-corrected chi connectivity index (χ3v) is 3.71. The molecule has 1 atom stereocenters. The highest BCUT2D eigenvalue weighted by Crippen LogP contribution is 2.20. The molecular formula is C16H21NO2. The van der Waals surface area contributed by atoms with E-state index in [1.165, 1.54) is 22.9 Å². The number of nitrogens with one attached hydrogen (secondary N) is 1. The van der Waals surface area contributed by atoms with E-state index in [1.807, 2.05) is 0 Å². The van der Waals surface area contributed by atoms with Gasteiger partial charge in [-0.25, -0.2) is 0 Å². The quantitative estimate of drug-likeness (QED) is 0.906. The lowest BCUT2D eigenvalue weighted by Crippen LogP contribution is -2.22. The summed E-state index contributed by atoms with van der Waals surface area (Å²) in [4.78, 5) is 3.41. The first-order chi connectivity index (χ1) is 9.35. The van der Waals surface area contributed by atoms with Gasteiger partial charge in [-0.15, -0.1) is 0 Å². The number of aromatic nitrogens is 1. The molecule has 19 heavy (non-hydrogen) atoms. The van der Waals surface area contributed by atoms with Crippen LogP contribution in [0.5, 0.6) is 0 Å². The van der Waals surface area contributed by atoms with E-state index in [-0.39, 0.29) is 6.29 Å². The van der Waals surface area contributed by atoms with E-state index in [0.717, 1.165) is 31.6 Å². The molecule has 1 N–H and O–H groups in total. The minimum absolute atomic E-state index is 0.0219. The Morgan fingerprint density at radius 1 is 1.32 bits per heavy atom. The molecule has 1 aromatic heterocycles. The second-order valence-corrected chi connectivity index (χ2v) is 5.18. The molecule has 0 bridgehead atoms. The third-order valence-electron chi connectivity index (χ3n) is 3.71. The van der Waals surface area contributed by atoms with Crippen molar-refractivity contribution in [1.82, 2.24) is 4.98 Å². The van der Waals surface area contributed by atoms with Crippen LogP contribution in [0.4, 0.5) is 0 Å². The lowest BCUT2D eigenvalue weighted by atomic mass is 10.1. The Hall–Kier alpha value is -1.32. The minimum atomic E-state index is -0.0219. The van der Waals surface area contributed by atoms with Crippen LogP contribution in [-0.2, 0) is 22.5 Å². The number of benzene rings is 1. The SMILES string of the molecule is CCc1ccc2[nH]c(COC3CCCCO3)cc2c1. The van der Waals surface area contributed by atoms with Gasteiger partial charge in [0.2, 0.25) is 0 Å². The van der Waals surface area contributed by atoms with Crippen LogP contribution < -0.4 is 0 Å². The van der Waals surface area contributed by atoms with Crippen LogP contribution >= 0.6 is 0 Å². The van der Waals surface area contributed by atoms with Crippen LogP contribution in [0.15, 0.2) is 24.3 Å². The number of rotatable bonds is 4. The van der Waals surface area contributed by atoms with Crippen molar-refractivity contribution in [3.8, 4) is 0 Å². The average molecular weight is 259 g/mol. The van der Waals surface area contributed by atoms with Crippen molar-refractivity contribution in [3.05, 3.63) is 35.5 Å². The molecule has 0 saturated carbocycles. The predicted octanol–water partition coefficient (Wildman–Crippen LogP) is 3.77. The Balaban J connectivity index is 1.67. The number of aryl methyl sites for hydroxylation is 1. The van der Waals surface area contributed by atoms with E-state index < -0.39 is 0 Å².